The molecule has 2 atom stereocenters. The van der Waals surface area contributed by atoms with Gasteiger partial charge in [0.1, 0.15) is 0 Å². The average molecular weight is 303 g/mol. The van der Waals surface area contributed by atoms with Crippen molar-refractivity contribution < 1.29 is 4.74 Å². The van der Waals surface area contributed by atoms with Gasteiger partial charge in [-0.25, -0.2) is 4.79 Å². The van der Waals surface area contributed by atoms with Crippen LogP contribution in [0.5, 0.6) is 0 Å². The highest BCUT2D eigenvalue weighted by Gasteiger charge is 2.22. The van der Waals surface area contributed by atoms with Gasteiger partial charge in [-0.2, -0.15) is 0 Å². The van der Waals surface area contributed by atoms with Gasteiger partial charge in [-0.3, -0.25) is 14.3 Å². The number of nitrogens with one attached hydrogen (secondary N) is 1. The van der Waals surface area contributed by atoms with Gasteiger partial charge in [-0.15, -0.1) is 0 Å². The summed E-state index contributed by atoms with van der Waals surface area (Å²) in [7, 11) is 0. The number of rotatable bonds is 3. The lowest BCUT2D eigenvalue weighted by molar-refractivity contribution is -0.0686. The Labute approximate surface area is 128 Å². The van der Waals surface area contributed by atoms with Crippen LogP contribution < -0.4 is 11.2 Å². The maximum absolute atomic E-state index is 12.5. The summed E-state index contributed by atoms with van der Waals surface area (Å²) in [6.45, 7) is 6.78. The molecule has 1 fully saturated rings. The molecule has 1 saturated heterocycles. The second kappa shape index (κ2) is 6.06. The molecule has 2 aromatic rings. The van der Waals surface area contributed by atoms with Crippen molar-refractivity contribution >= 4 is 10.9 Å². The number of benzene rings is 1. The second-order valence-corrected chi connectivity index (χ2v) is 5.95. The summed E-state index contributed by atoms with van der Waals surface area (Å²) < 4.78 is 6.98. The number of hydrogen-bond acceptors (Lipinski definition) is 4. The first kappa shape index (κ1) is 15.0. The average Bonchev–Trinajstić information content (AvgIpc) is 2.46. The highest BCUT2D eigenvalue weighted by atomic mass is 16.5. The minimum Gasteiger partial charge on any atom is -0.373 e. The van der Waals surface area contributed by atoms with E-state index in [1.807, 2.05) is 13.8 Å². The smallest absolute Gasteiger partial charge is 0.328 e. The van der Waals surface area contributed by atoms with Crippen LogP contribution in [0, 0.1) is 0 Å². The number of aromatic amines is 1. The quantitative estimate of drug-likeness (QED) is 0.911. The summed E-state index contributed by atoms with van der Waals surface area (Å²) >= 11 is 0. The van der Waals surface area contributed by atoms with Crippen LogP contribution in [0.3, 0.4) is 0 Å². The van der Waals surface area contributed by atoms with Crippen molar-refractivity contribution in [2.24, 2.45) is 0 Å². The number of morpholine rings is 1. The number of fused-ring (bicyclic) bond motifs is 1. The first-order valence-corrected chi connectivity index (χ1v) is 7.64. The Morgan fingerprint density at radius 1 is 1.14 bits per heavy atom. The zero-order valence-electron chi connectivity index (χ0n) is 12.9. The normalized spacial score (nSPS) is 23.0. The monoisotopic (exact) mass is 303 g/mol. The maximum atomic E-state index is 12.5. The van der Waals surface area contributed by atoms with Crippen molar-refractivity contribution in [3.63, 3.8) is 0 Å². The number of ether oxygens (including phenoxy) is 1. The van der Waals surface area contributed by atoms with Gasteiger partial charge < -0.3 is 9.72 Å². The molecule has 1 aliphatic rings. The Hall–Kier alpha value is -1.92. The van der Waals surface area contributed by atoms with E-state index in [1.54, 1.807) is 24.3 Å². The summed E-state index contributed by atoms with van der Waals surface area (Å²) in [6.07, 6.45) is 0.353. The molecule has 0 aliphatic carbocycles. The van der Waals surface area contributed by atoms with Crippen LogP contribution in [0.1, 0.15) is 13.8 Å². The van der Waals surface area contributed by atoms with Gasteiger partial charge in [0.2, 0.25) is 0 Å². The van der Waals surface area contributed by atoms with Gasteiger partial charge >= 0.3 is 5.69 Å². The topological polar surface area (TPSA) is 67.3 Å². The largest absolute Gasteiger partial charge is 0.373 e. The Balaban J connectivity index is 1.82. The van der Waals surface area contributed by atoms with Crippen molar-refractivity contribution in [3.8, 4) is 0 Å². The molecule has 1 N–H and O–H groups in total. The highest BCUT2D eigenvalue weighted by Crippen LogP contribution is 2.10. The van der Waals surface area contributed by atoms with Crippen molar-refractivity contribution in [2.75, 3.05) is 19.6 Å². The number of nitrogens with zero attached hydrogens (tertiary/aromatic N) is 2. The predicted molar refractivity (Wildman–Crippen MR) is 85.3 cm³/mol. The molecule has 0 radical (unpaired) electrons. The summed E-state index contributed by atoms with van der Waals surface area (Å²) in [4.78, 5) is 29.6. The standard InChI is InChI=1S/C16H21N3O3/c1-11-9-18(10-12(2)22-11)7-8-19-15(20)13-5-3-4-6-14(13)17-16(19)21/h3-6,11-12H,7-10H2,1-2H3,(H,17,21)/t11-,12-/m0/s1. The Kier molecular flexibility index (Phi) is 4.13. The first-order valence-electron chi connectivity index (χ1n) is 7.64. The fourth-order valence-corrected chi connectivity index (χ4v) is 3.11. The molecule has 2 heterocycles. The number of para-hydroxylation sites is 1. The molecular weight excluding hydrogens is 282 g/mol. The van der Waals surface area contributed by atoms with Crippen LogP contribution in [0.15, 0.2) is 33.9 Å². The van der Waals surface area contributed by atoms with E-state index in [2.05, 4.69) is 9.88 Å². The van der Waals surface area contributed by atoms with Gasteiger partial charge in [-0.1, -0.05) is 12.1 Å². The molecule has 22 heavy (non-hydrogen) atoms. The lowest BCUT2D eigenvalue weighted by Gasteiger charge is -2.35. The van der Waals surface area contributed by atoms with Crippen LogP contribution >= 0.6 is 0 Å². The van der Waals surface area contributed by atoms with Crippen molar-refractivity contribution in [1.29, 1.82) is 0 Å². The molecule has 6 nitrogen and oxygen atoms in total. The van der Waals surface area contributed by atoms with E-state index < -0.39 is 0 Å². The maximum Gasteiger partial charge on any atom is 0.328 e. The van der Waals surface area contributed by atoms with Crippen LogP contribution in [0.25, 0.3) is 10.9 Å². The lowest BCUT2D eigenvalue weighted by atomic mass is 10.2. The highest BCUT2D eigenvalue weighted by molar-refractivity contribution is 5.76. The van der Waals surface area contributed by atoms with E-state index in [-0.39, 0.29) is 23.5 Å². The minimum atomic E-state index is -0.349. The van der Waals surface area contributed by atoms with Crippen molar-refractivity contribution in [2.45, 2.75) is 32.6 Å². The van der Waals surface area contributed by atoms with E-state index in [1.165, 1.54) is 4.57 Å². The van der Waals surface area contributed by atoms with Crippen LogP contribution in [0.2, 0.25) is 0 Å². The third-order valence-electron chi connectivity index (χ3n) is 4.02. The van der Waals surface area contributed by atoms with Gasteiger partial charge in [0.15, 0.2) is 0 Å². The van der Waals surface area contributed by atoms with Gasteiger partial charge in [0.25, 0.3) is 5.56 Å². The number of hydrogen-bond donors (Lipinski definition) is 1. The summed E-state index contributed by atoms with van der Waals surface area (Å²) in [6, 6.07) is 7.09. The molecule has 1 aromatic heterocycles. The summed E-state index contributed by atoms with van der Waals surface area (Å²) in [5, 5.41) is 0.547. The van der Waals surface area contributed by atoms with E-state index in [4.69, 9.17) is 4.74 Å². The number of H-pyrrole nitrogens is 1. The summed E-state index contributed by atoms with van der Waals surface area (Å²) in [5.74, 6) is 0. The van der Waals surface area contributed by atoms with Gasteiger partial charge in [0, 0.05) is 26.2 Å². The van der Waals surface area contributed by atoms with Gasteiger partial charge in [-0.05, 0) is 26.0 Å². The van der Waals surface area contributed by atoms with E-state index in [9.17, 15) is 9.59 Å². The number of aromatic nitrogens is 2. The molecule has 1 aliphatic heterocycles. The molecule has 0 unspecified atom stereocenters. The molecule has 6 heteroatoms. The SMILES string of the molecule is C[C@H]1CN(CCn2c(=O)[nH]c3ccccc3c2=O)C[C@H](C)O1. The molecule has 0 amide bonds. The van der Waals surface area contributed by atoms with E-state index in [0.717, 1.165) is 13.1 Å². The zero-order chi connectivity index (χ0) is 15.7. The lowest BCUT2D eigenvalue weighted by Crippen LogP contribution is -2.48. The van der Waals surface area contributed by atoms with Crippen molar-refractivity contribution in [3.05, 3.63) is 45.1 Å². The Bertz CT molecular complexity index is 770. The molecule has 0 bridgehead atoms. The predicted octanol–water partition coefficient (Wildman–Crippen LogP) is 0.799. The fourth-order valence-electron chi connectivity index (χ4n) is 3.11. The molecule has 0 saturated carbocycles. The van der Waals surface area contributed by atoms with Gasteiger partial charge in [0.05, 0.1) is 23.1 Å². The Morgan fingerprint density at radius 2 is 1.82 bits per heavy atom. The molecule has 1 aromatic carbocycles. The second-order valence-electron chi connectivity index (χ2n) is 5.95. The molecule has 3 rings (SSSR count). The van der Waals surface area contributed by atoms with E-state index >= 15 is 0 Å². The van der Waals surface area contributed by atoms with Crippen LogP contribution in [-0.2, 0) is 11.3 Å². The van der Waals surface area contributed by atoms with E-state index in [0.29, 0.717) is 24.0 Å². The molecule has 118 valence electrons. The fraction of sp³-hybridized carbons (Fsp3) is 0.500. The first-order chi connectivity index (χ1) is 10.5. The molecular formula is C16H21N3O3. The third-order valence-corrected chi connectivity index (χ3v) is 4.02. The van der Waals surface area contributed by atoms with Crippen LogP contribution in [-0.4, -0.2) is 46.3 Å². The zero-order valence-corrected chi connectivity index (χ0v) is 12.9. The molecule has 0 spiro atoms. The Morgan fingerprint density at radius 3 is 2.55 bits per heavy atom. The summed E-state index contributed by atoms with van der Waals surface area (Å²) in [5.41, 5.74) is 0.00845. The minimum absolute atomic E-state index is 0.176. The van der Waals surface area contributed by atoms with Crippen molar-refractivity contribution in [1.82, 2.24) is 14.5 Å². The van der Waals surface area contributed by atoms with Crippen LogP contribution in [0.4, 0.5) is 0 Å². The third kappa shape index (κ3) is 2.98.